The van der Waals surface area contributed by atoms with Crippen LogP contribution in [0.4, 0.5) is 11.4 Å². The first kappa shape index (κ1) is 18.2. The smallest absolute Gasteiger partial charge is 0.271 e. The zero-order valence-electron chi connectivity index (χ0n) is 14.9. The fourth-order valence-electron chi connectivity index (χ4n) is 2.91. The molecule has 0 aliphatic carbocycles. The SMILES string of the molecule is CC(C)N(C(=O)Cn1cnc2cc([N+](=O)[O-])ccc2c1=O)c1ccccc1. The van der Waals surface area contributed by atoms with Gasteiger partial charge in [0.15, 0.2) is 0 Å². The van der Waals surface area contributed by atoms with Crippen LogP contribution >= 0.6 is 0 Å². The molecule has 0 radical (unpaired) electrons. The van der Waals surface area contributed by atoms with Gasteiger partial charge in [0.25, 0.3) is 11.2 Å². The summed E-state index contributed by atoms with van der Waals surface area (Å²) >= 11 is 0. The molecule has 0 fully saturated rings. The minimum absolute atomic E-state index is 0.0910. The van der Waals surface area contributed by atoms with E-state index in [9.17, 15) is 19.7 Å². The van der Waals surface area contributed by atoms with Gasteiger partial charge in [-0.25, -0.2) is 4.98 Å². The normalized spacial score (nSPS) is 10.9. The molecule has 0 saturated carbocycles. The number of nitro groups is 1. The number of hydrogen-bond acceptors (Lipinski definition) is 5. The molecule has 0 aliphatic rings. The summed E-state index contributed by atoms with van der Waals surface area (Å²) in [5.41, 5.74) is 0.412. The summed E-state index contributed by atoms with van der Waals surface area (Å²) in [5.74, 6) is -0.249. The Morgan fingerprint density at radius 3 is 2.56 bits per heavy atom. The van der Waals surface area contributed by atoms with Crippen molar-refractivity contribution in [3.8, 4) is 0 Å². The van der Waals surface area contributed by atoms with Gasteiger partial charge in [-0.3, -0.25) is 24.3 Å². The first-order chi connectivity index (χ1) is 12.9. The van der Waals surface area contributed by atoms with Crippen molar-refractivity contribution in [1.29, 1.82) is 0 Å². The van der Waals surface area contributed by atoms with E-state index in [1.807, 2.05) is 44.2 Å². The van der Waals surface area contributed by atoms with E-state index >= 15 is 0 Å². The fourth-order valence-corrected chi connectivity index (χ4v) is 2.91. The molecule has 1 aromatic heterocycles. The predicted octanol–water partition coefficient (Wildman–Crippen LogP) is 2.75. The van der Waals surface area contributed by atoms with Crippen LogP contribution in [0.1, 0.15) is 13.8 Å². The summed E-state index contributed by atoms with van der Waals surface area (Å²) in [6.45, 7) is 3.61. The number of benzene rings is 2. The van der Waals surface area contributed by atoms with Crippen LogP contribution in [-0.2, 0) is 11.3 Å². The topological polar surface area (TPSA) is 98.3 Å². The number of anilines is 1. The second-order valence-electron chi connectivity index (χ2n) is 6.33. The van der Waals surface area contributed by atoms with Crippen molar-refractivity contribution in [1.82, 2.24) is 9.55 Å². The van der Waals surface area contributed by atoms with Crippen molar-refractivity contribution in [2.75, 3.05) is 4.90 Å². The number of non-ortho nitro benzene ring substituents is 1. The Labute approximate surface area is 154 Å². The molecule has 2 aromatic carbocycles. The Balaban J connectivity index is 1.94. The lowest BCUT2D eigenvalue weighted by Crippen LogP contribution is -2.41. The second-order valence-corrected chi connectivity index (χ2v) is 6.33. The summed E-state index contributed by atoms with van der Waals surface area (Å²) in [7, 11) is 0. The minimum atomic E-state index is -0.545. The highest BCUT2D eigenvalue weighted by Crippen LogP contribution is 2.18. The number of nitro benzene ring substituents is 1. The van der Waals surface area contributed by atoms with Gasteiger partial charge >= 0.3 is 0 Å². The monoisotopic (exact) mass is 366 g/mol. The van der Waals surface area contributed by atoms with Gasteiger partial charge in [0.2, 0.25) is 5.91 Å². The van der Waals surface area contributed by atoms with E-state index in [2.05, 4.69) is 4.98 Å². The molecule has 0 N–H and O–H groups in total. The molecule has 3 rings (SSSR count). The molecule has 138 valence electrons. The molecule has 0 spiro atoms. The van der Waals surface area contributed by atoms with Gasteiger partial charge in [-0.1, -0.05) is 18.2 Å². The lowest BCUT2D eigenvalue weighted by molar-refractivity contribution is -0.384. The third-order valence-corrected chi connectivity index (χ3v) is 4.14. The number of carbonyl (C=O) groups is 1. The van der Waals surface area contributed by atoms with E-state index in [0.717, 1.165) is 5.69 Å². The Bertz CT molecular complexity index is 1060. The zero-order valence-corrected chi connectivity index (χ0v) is 14.9. The molecular weight excluding hydrogens is 348 g/mol. The summed E-state index contributed by atoms with van der Waals surface area (Å²) in [6.07, 6.45) is 1.25. The van der Waals surface area contributed by atoms with Crippen LogP contribution in [0.25, 0.3) is 10.9 Å². The van der Waals surface area contributed by atoms with E-state index in [0.29, 0.717) is 0 Å². The van der Waals surface area contributed by atoms with Gasteiger partial charge in [-0.05, 0) is 32.0 Å². The summed E-state index contributed by atoms with van der Waals surface area (Å²) in [5, 5.41) is 11.1. The number of fused-ring (bicyclic) bond motifs is 1. The van der Waals surface area contributed by atoms with Crippen LogP contribution in [0.15, 0.2) is 59.7 Å². The Kier molecular flexibility index (Phi) is 4.98. The third kappa shape index (κ3) is 3.69. The quantitative estimate of drug-likeness (QED) is 0.511. The first-order valence-corrected chi connectivity index (χ1v) is 8.39. The summed E-state index contributed by atoms with van der Waals surface area (Å²) < 4.78 is 1.22. The molecule has 0 saturated heterocycles. The summed E-state index contributed by atoms with van der Waals surface area (Å²) in [4.78, 5) is 41.5. The van der Waals surface area contributed by atoms with Gasteiger partial charge in [0.1, 0.15) is 6.54 Å². The van der Waals surface area contributed by atoms with E-state index in [-0.39, 0.29) is 35.1 Å². The van der Waals surface area contributed by atoms with E-state index < -0.39 is 10.5 Å². The number of para-hydroxylation sites is 1. The van der Waals surface area contributed by atoms with E-state index in [1.165, 1.54) is 29.1 Å². The number of amides is 1. The van der Waals surface area contributed by atoms with Crippen molar-refractivity contribution in [2.24, 2.45) is 0 Å². The Morgan fingerprint density at radius 2 is 1.93 bits per heavy atom. The minimum Gasteiger partial charge on any atom is -0.308 e. The Hall–Kier alpha value is -3.55. The highest BCUT2D eigenvalue weighted by atomic mass is 16.6. The first-order valence-electron chi connectivity index (χ1n) is 8.39. The van der Waals surface area contributed by atoms with Gasteiger partial charge in [0.05, 0.1) is 22.2 Å². The van der Waals surface area contributed by atoms with Crippen LogP contribution in [0.2, 0.25) is 0 Å². The maximum atomic E-state index is 12.8. The van der Waals surface area contributed by atoms with Crippen molar-refractivity contribution >= 4 is 28.2 Å². The highest BCUT2D eigenvalue weighted by Gasteiger charge is 2.20. The van der Waals surface area contributed by atoms with Gasteiger partial charge in [0, 0.05) is 23.9 Å². The molecule has 0 unspecified atom stereocenters. The lowest BCUT2D eigenvalue weighted by atomic mass is 10.2. The molecule has 8 heteroatoms. The third-order valence-electron chi connectivity index (χ3n) is 4.14. The Morgan fingerprint density at radius 1 is 1.22 bits per heavy atom. The van der Waals surface area contributed by atoms with Crippen LogP contribution in [0.3, 0.4) is 0 Å². The fraction of sp³-hybridized carbons (Fsp3) is 0.211. The van der Waals surface area contributed by atoms with Gasteiger partial charge in [-0.2, -0.15) is 0 Å². The molecular formula is C19H18N4O4. The van der Waals surface area contributed by atoms with Crippen LogP contribution < -0.4 is 10.5 Å². The summed E-state index contributed by atoms with van der Waals surface area (Å²) in [6, 6.07) is 13.0. The molecule has 0 atom stereocenters. The molecule has 27 heavy (non-hydrogen) atoms. The van der Waals surface area contributed by atoms with Gasteiger partial charge < -0.3 is 4.90 Å². The largest absolute Gasteiger partial charge is 0.308 e. The lowest BCUT2D eigenvalue weighted by Gasteiger charge is -2.27. The van der Waals surface area contributed by atoms with E-state index in [1.54, 1.807) is 4.90 Å². The van der Waals surface area contributed by atoms with Gasteiger partial charge in [-0.15, -0.1) is 0 Å². The number of carbonyl (C=O) groups excluding carboxylic acids is 1. The highest BCUT2D eigenvalue weighted by molar-refractivity contribution is 5.93. The predicted molar refractivity (Wildman–Crippen MR) is 102 cm³/mol. The van der Waals surface area contributed by atoms with Crippen molar-refractivity contribution in [2.45, 2.75) is 26.4 Å². The van der Waals surface area contributed by atoms with Crippen LogP contribution in [0.5, 0.6) is 0 Å². The molecule has 0 aliphatic heterocycles. The van der Waals surface area contributed by atoms with Crippen molar-refractivity contribution < 1.29 is 9.72 Å². The molecule has 0 bridgehead atoms. The zero-order chi connectivity index (χ0) is 19.6. The molecule has 1 heterocycles. The van der Waals surface area contributed by atoms with Crippen molar-refractivity contribution in [3.05, 3.63) is 75.3 Å². The average molecular weight is 366 g/mol. The molecule has 8 nitrogen and oxygen atoms in total. The van der Waals surface area contributed by atoms with Crippen molar-refractivity contribution in [3.63, 3.8) is 0 Å². The standard InChI is InChI=1S/C19H18N4O4/c1-13(2)22(14-6-4-3-5-7-14)18(24)11-21-12-20-17-10-15(23(26)27)8-9-16(17)19(21)25/h3-10,12-13H,11H2,1-2H3. The maximum Gasteiger partial charge on any atom is 0.271 e. The van der Waals surface area contributed by atoms with Crippen LogP contribution in [0, 0.1) is 10.1 Å². The number of hydrogen-bond donors (Lipinski definition) is 0. The van der Waals surface area contributed by atoms with E-state index in [4.69, 9.17) is 0 Å². The number of aromatic nitrogens is 2. The average Bonchev–Trinajstić information content (AvgIpc) is 2.64. The number of rotatable bonds is 5. The number of nitrogens with zero attached hydrogens (tertiary/aromatic N) is 4. The maximum absolute atomic E-state index is 12.8. The molecule has 3 aromatic rings. The molecule has 1 amide bonds. The second kappa shape index (κ2) is 7.36. The van der Waals surface area contributed by atoms with Crippen LogP contribution in [-0.4, -0.2) is 26.4 Å².